The predicted molar refractivity (Wildman–Crippen MR) is 112 cm³/mol. The van der Waals surface area contributed by atoms with Crippen molar-refractivity contribution < 1.29 is 4.79 Å². The predicted octanol–water partition coefficient (Wildman–Crippen LogP) is 4.25. The minimum atomic E-state index is 0.0279. The van der Waals surface area contributed by atoms with E-state index in [1.807, 2.05) is 66.8 Å². The second-order valence-corrected chi connectivity index (χ2v) is 7.29. The van der Waals surface area contributed by atoms with E-state index >= 15 is 0 Å². The fourth-order valence-corrected chi connectivity index (χ4v) is 3.95. The van der Waals surface area contributed by atoms with Gasteiger partial charge in [-0.05, 0) is 48.7 Å². The Hall–Kier alpha value is -3.34. The molecule has 0 fully saturated rings. The maximum atomic E-state index is 13.3. The van der Waals surface area contributed by atoms with Gasteiger partial charge in [0.15, 0.2) is 0 Å². The first-order valence-electron chi connectivity index (χ1n) is 9.36. The Morgan fingerprint density at radius 2 is 1.89 bits per heavy atom. The molecular weight excluding hydrogens is 348 g/mol. The van der Waals surface area contributed by atoms with Crippen molar-refractivity contribution in [2.75, 3.05) is 7.05 Å². The van der Waals surface area contributed by atoms with Gasteiger partial charge in [-0.2, -0.15) is 5.10 Å². The van der Waals surface area contributed by atoms with Crippen LogP contribution < -0.4 is 0 Å². The van der Waals surface area contributed by atoms with Crippen molar-refractivity contribution in [2.45, 2.75) is 20.4 Å². The van der Waals surface area contributed by atoms with E-state index in [1.165, 1.54) is 5.56 Å². The molecule has 0 spiro atoms. The molecule has 2 aromatic heterocycles. The third kappa shape index (κ3) is 2.99. The number of hydrogen-bond acceptors (Lipinski definition) is 2. The summed E-state index contributed by atoms with van der Waals surface area (Å²) >= 11 is 0. The summed E-state index contributed by atoms with van der Waals surface area (Å²) in [6.07, 6.45) is 3.67. The summed E-state index contributed by atoms with van der Waals surface area (Å²) in [5, 5.41) is 5.42. The smallest absolute Gasteiger partial charge is 0.270 e. The molecule has 0 saturated carbocycles. The number of rotatable bonds is 4. The summed E-state index contributed by atoms with van der Waals surface area (Å²) in [5.41, 5.74) is 6.13. The summed E-state index contributed by atoms with van der Waals surface area (Å²) in [4.78, 5) is 15.0. The number of aryl methyl sites for hydroxylation is 3. The number of amides is 1. The molecule has 2 aromatic carbocycles. The largest absolute Gasteiger partial charge is 0.339 e. The minimum Gasteiger partial charge on any atom is -0.339 e. The van der Waals surface area contributed by atoms with Crippen molar-refractivity contribution in [1.82, 2.24) is 19.2 Å². The van der Waals surface area contributed by atoms with Crippen LogP contribution in [0, 0.1) is 13.8 Å². The lowest BCUT2D eigenvalue weighted by molar-refractivity contribution is 0.0775. The average Bonchev–Trinajstić information content (AvgIpc) is 3.30. The summed E-state index contributed by atoms with van der Waals surface area (Å²) in [5.74, 6) is 0.0279. The zero-order valence-electron chi connectivity index (χ0n) is 16.7. The number of fused-ring (bicyclic) bond motifs is 1. The SMILES string of the molecule is Cc1c(C(=O)N(C)Cc2cccc(-n3cccn3)c2)n(C)c2c(C)cccc12. The number of carbonyl (C=O) groups is 1. The lowest BCUT2D eigenvalue weighted by Gasteiger charge is -2.19. The molecular formula is C23H24N4O. The van der Waals surface area contributed by atoms with Crippen LogP contribution in [0.5, 0.6) is 0 Å². The Labute approximate surface area is 164 Å². The van der Waals surface area contributed by atoms with Gasteiger partial charge in [-0.25, -0.2) is 4.68 Å². The van der Waals surface area contributed by atoms with E-state index in [4.69, 9.17) is 0 Å². The van der Waals surface area contributed by atoms with E-state index in [-0.39, 0.29) is 5.91 Å². The van der Waals surface area contributed by atoms with E-state index in [0.29, 0.717) is 6.54 Å². The first-order valence-corrected chi connectivity index (χ1v) is 9.36. The number of para-hydroxylation sites is 1. The van der Waals surface area contributed by atoms with Crippen LogP contribution in [-0.4, -0.2) is 32.2 Å². The second-order valence-electron chi connectivity index (χ2n) is 7.29. The fourth-order valence-electron chi connectivity index (χ4n) is 3.95. The molecule has 0 unspecified atom stereocenters. The maximum absolute atomic E-state index is 13.3. The summed E-state index contributed by atoms with van der Waals surface area (Å²) in [7, 11) is 3.83. The molecule has 0 aliphatic heterocycles. The molecule has 28 heavy (non-hydrogen) atoms. The van der Waals surface area contributed by atoms with Gasteiger partial charge < -0.3 is 9.47 Å². The summed E-state index contributed by atoms with van der Waals surface area (Å²) in [6.45, 7) is 4.65. The van der Waals surface area contributed by atoms with Gasteiger partial charge in [0.2, 0.25) is 0 Å². The van der Waals surface area contributed by atoms with Gasteiger partial charge in [0.1, 0.15) is 5.69 Å². The zero-order chi connectivity index (χ0) is 19.8. The lowest BCUT2D eigenvalue weighted by atomic mass is 10.1. The molecule has 5 nitrogen and oxygen atoms in total. The molecule has 0 saturated heterocycles. The highest BCUT2D eigenvalue weighted by molar-refractivity contribution is 6.02. The van der Waals surface area contributed by atoms with E-state index in [9.17, 15) is 4.79 Å². The van der Waals surface area contributed by atoms with Crippen LogP contribution in [0.2, 0.25) is 0 Å². The number of aromatic nitrogens is 3. The Bertz CT molecular complexity index is 1160. The molecule has 0 aliphatic rings. The van der Waals surface area contributed by atoms with Gasteiger partial charge in [0.25, 0.3) is 5.91 Å². The van der Waals surface area contributed by atoms with Crippen LogP contribution in [0.25, 0.3) is 16.6 Å². The molecule has 4 rings (SSSR count). The third-order valence-electron chi connectivity index (χ3n) is 5.32. The van der Waals surface area contributed by atoms with E-state index in [0.717, 1.165) is 33.4 Å². The number of benzene rings is 2. The Morgan fingerprint density at radius 1 is 1.11 bits per heavy atom. The van der Waals surface area contributed by atoms with Crippen LogP contribution in [0.3, 0.4) is 0 Å². The van der Waals surface area contributed by atoms with Crippen LogP contribution in [0.15, 0.2) is 60.9 Å². The molecule has 0 radical (unpaired) electrons. The maximum Gasteiger partial charge on any atom is 0.270 e. The van der Waals surface area contributed by atoms with Crippen molar-refractivity contribution in [3.8, 4) is 5.69 Å². The molecule has 0 N–H and O–H groups in total. The lowest BCUT2D eigenvalue weighted by Crippen LogP contribution is -2.28. The van der Waals surface area contributed by atoms with E-state index < -0.39 is 0 Å². The normalized spacial score (nSPS) is 11.1. The summed E-state index contributed by atoms with van der Waals surface area (Å²) < 4.78 is 3.85. The monoisotopic (exact) mass is 372 g/mol. The van der Waals surface area contributed by atoms with Gasteiger partial charge in [-0.1, -0.05) is 30.3 Å². The molecule has 4 aromatic rings. The number of hydrogen-bond donors (Lipinski definition) is 0. The van der Waals surface area contributed by atoms with Gasteiger partial charge in [-0.3, -0.25) is 4.79 Å². The fraction of sp³-hybridized carbons (Fsp3) is 0.217. The highest BCUT2D eigenvalue weighted by Crippen LogP contribution is 2.28. The van der Waals surface area contributed by atoms with E-state index in [1.54, 1.807) is 11.1 Å². The number of carbonyl (C=O) groups excluding carboxylic acids is 1. The van der Waals surface area contributed by atoms with Crippen molar-refractivity contribution in [3.05, 3.63) is 83.3 Å². The van der Waals surface area contributed by atoms with Gasteiger partial charge >= 0.3 is 0 Å². The van der Waals surface area contributed by atoms with Crippen LogP contribution >= 0.6 is 0 Å². The Balaban J connectivity index is 1.64. The van der Waals surface area contributed by atoms with Gasteiger partial charge in [0.05, 0.1) is 11.2 Å². The van der Waals surface area contributed by atoms with Crippen LogP contribution in [-0.2, 0) is 13.6 Å². The quantitative estimate of drug-likeness (QED) is 0.537. The number of nitrogens with zero attached hydrogens (tertiary/aromatic N) is 4. The van der Waals surface area contributed by atoms with Crippen LogP contribution in [0.4, 0.5) is 0 Å². The zero-order valence-corrected chi connectivity index (χ0v) is 16.7. The summed E-state index contributed by atoms with van der Waals surface area (Å²) in [6, 6.07) is 16.2. The van der Waals surface area contributed by atoms with E-state index in [2.05, 4.69) is 30.2 Å². The van der Waals surface area contributed by atoms with Crippen molar-refractivity contribution in [3.63, 3.8) is 0 Å². The molecule has 0 bridgehead atoms. The standard InChI is InChI=1S/C23H24N4O/c1-16-8-5-11-20-17(2)22(26(4)21(16)20)23(28)25(3)15-18-9-6-10-19(14-18)27-13-7-12-24-27/h5-14H,15H2,1-4H3. The second kappa shape index (κ2) is 7.00. The van der Waals surface area contributed by atoms with Crippen molar-refractivity contribution in [2.24, 2.45) is 7.05 Å². The molecule has 0 aliphatic carbocycles. The highest BCUT2D eigenvalue weighted by Gasteiger charge is 2.22. The molecule has 142 valence electrons. The first-order chi connectivity index (χ1) is 13.5. The molecule has 0 atom stereocenters. The van der Waals surface area contributed by atoms with Crippen molar-refractivity contribution in [1.29, 1.82) is 0 Å². The van der Waals surface area contributed by atoms with Gasteiger partial charge in [-0.15, -0.1) is 0 Å². The Morgan fingerprint density at radius 3 is 2.61 bits per heavy atom. The highest BCUT2D eigenvalue weighted by atomic mass is 16.2. The van der Waals surface area contributed by atoms with Crippen molar-refractivity contribution >= 4 is 16.8 Å². The van der Waals surface area contributed by atoms with Crippen LogP contribution in [0.1, 0.15) is 27.2 Å². The molecule has 5 heteroatoms. The third-order valence-corrected chi connectivity index (χ3v) is 5.32. The minimum absolute atomic E-state index is 0.0279. The van der Waals surface area contributed by atoms with Gasteiger partial charge in [0, 0.05) is 38.4 Å². The Kier molecular flexibility index (Phi) is 4.51. The topological polar surface area (TPSA) is 43.1 Å². The first kappa shape index (κ1) is 18.0. The molecule has 1 amide bonds. The average molecular weight is 372 g/mol. The molecule has 2 heterocycles.